The van der Waals surface area contributed by atoms with E-state index in [0.29, 0.717) is 5.56 Å². The molecule has 6 heteroatoms. The number of benzene rings is 2. The first-order valence-corrected chi connectivity index (χ1v) is 7.91. The van der Waals surface area contributed by atoms with Gasteiger partial charge in [-0.3, -0.25) is 9.59 Å². The van der Waals surface area contributed by atoms with Crippen molar-refractivity contribution in [1.29, 1.82) is 0 Å². The van der Waals surface area contributed by atoms with Gasteiger partial charge in [-0.15, -0.1) is 0 Å². The van der Waals surface area contributed by atoms with Crippen molar-refractivity contribution < 1.29 is 18.4 Å². The monoisotopic (exact) mass is 346 g/mol. The standard InChI is InChI=1S/C19H20F2N2O2/c1-11(2)17(23-18(24)16-7-5-4-6-12(16)3)19(25)22-15-9-13(20)8-14(21)10-15/h4-11,17H,1-3H3,(H,22,25)(H,23,24). The summed E-state index contributed by atoms with van der Waals surface area (Å²) in [7, 11) is 0. The van der Waals surface area contributed by atoms with E-state index in [1.807, 2.05) is 6.07 Å². The highest BCUT2D eigenvalue weighted by Crippen LogP contribution is 2.15. The maximum atomic E-state index is 13.3. The van der Waals surface area contributed by atoms with E-state index in [1.54, 1.807) is 39.0 Å². The summed E-state index contributed by atoms with van der Waals surface area (Å²) in [5, 5.41) is 5.13. The molecule has 2 rings (SSSR count). The van der Waals surface area contributed by atoms with Crippen molar-refractivity contribution in [1.82, 2.24) is 5.32 Å². The van der Waals surface area contributed by atoms with Gasteiger partial charge < -0.3 is 10.6 Å². The predicted molar refractivity (Wildman–Crippen MR) is 92.3 cm³/mol. The van der Waals surface area contributed by atoms with E-state index in [9.17, 15) is 18.4 Å². The Balaban J connectivity index is 2.15. The van der Waals surface area contributed by atoms with Gasteiger partial charge in [-0.1, -0.05) is 32.0 Å². The number of rotatable bonds is 5. The molecule has 0 aliphatic rings. The van der Waals surface area contributed by atoms with E-state index in [0.717, 1.165) is 23.8 Å². The lowest BCUT2D eigenvalue weighted by atomic mass is 10.0. The number of nitrogens with one attached hydrogen (secondary N) is 2. The Morgan fingerprint density at radius 2 is 1.60 bits per heavy atom. The predicted octanol–water partition coefficient (Wildman–Crippen LogP) is 3.67. The van der Waals surface area contributed by atoms with E-state index < -0.39 is 23.6 Å². The molecule has 0 aliphatic heterocycles. The van der Waals surface area contributed by atoms with Crippen LogP contribution < -0.4 is 10.6 Å². The smallest absolute Gasteiger partial charge is 0.252 e. The number of amides is 2. The Morgan fingerprint density at radius 3 is 2.16 bits per heavy atom. The van der Waals surface area contributed by atoms with E-state index in [1.165, 1.54) is 0 Å². The van der Waals surface area contributed by atoms with Crippen molar-refractivity contribution in [2.45, 2.75) is 26.8 Å². The van der Waals surface area contributed by atoms with Crippen LogP contribution in [0.3, 0.4) is 0 Å². The van der Waals surface area contributed by atoms with Crippen molar-refractivity contribution in [2.75, 3.05) is 5.32 Å². The minimum atomic E-state index is -0.849. The first kappa shape index (κ1) is 18.6. The fourth-order valence-electron chi connectivity index (χ4n) is 2.43. The molecule has 0 heterocycles. The Bertz CT molecular complexity index is 770. The molecule has 2 amide bonds. The van der Waals surface area contributed by atoms with Gasteiger partial charge in [0, 0.05) is 17.3 Å². The van der Waals surface area contributed by atoms with Crippen LogP contribution in [0.4, 0.5) is 14.5 Å². The minimum absolute atomic E-state index is 0.00158. The average molecular weight is 346 g/mol. The van der Waals surface area contributed by atoms with Gasteiger partial charge in [0.05, 0.1) is 0 Å². The van der Waals surface area contributed by atoms with Gasteiger partial charge in [-0.2, -0.15) is 0 Å². The third-order valence-electron chi connectivity index (χ3n) is 3.76. The quantitative estimate of drug-likeness (QED) is 0.868. The highest BCUT2D eigenvalue weighted by atomic mass is 19.1. The normalized spacial score (nSPS) is 11.9. The van der Waals surface area contributed by atoms with Crippen LogP contribution in [-0.2, 0) is 4.79 Å². The van der Waals surface area contributed by atoms with E-state index in [2.05, 4.69) is 10.6 Å². The van der Waals surface area contributed by atoms with Crippen LogP contribution in [0, 0.1) is 24.5 Å². The second-order valence-electron chi connectivity index (χ2n) is 6.16. The molecule has 0 saturated carbocycles. The summed E-state index contributed by atoms with van der Waals surface area (Å²) >= 11 is 0. The lowest BCUT2D eigenvalue weighted by Gasteiger charge is -2.22. The molecule has 0 saturated heterocycles. The Morgan fingerprint density at radius 1 is 1.00 bits per heavy atom. The zero-order chi connectivity index (χ0) is 18.6. The molecular weight excluding hydrogens is 326 g/mol. The van der Waals surface area contributed by atoms with Crippen molar-refractivity contribution in [3.8, 4) is 0 Å². The number of carbonyl (C=O) groups excluding carboxylic acids is 2. The number of aryl methyl sites for hydroxylation is 1. The zero-order valence-electron chi connectivity index (χ0n) is 14.3. The molecule has 0 spiro atoms. The molecule has 1 atom stereocenters. The zero-order valence-corrected chi connectivity index (χ0v) is 14.3. The van der Waals surface area contributed by atoms with Crippen LogP contribution >= 0.6 is 0 Å². The molecule has 25 heavy (non-hydrogen) atoms. The first-order valence-electron chi connectivity index (χ1n) is 7.91. The van der Waals surface area contributed by atoms with Crippen molar-refractivity contribution in [2.24, 2.45) is 5.92 Å². The summed E-state index contributed by atoms with van der Waals surface area (Å²) in [6, 6.07) is 8.92. The lowest BCUT2D eigenvalue weighted by molar-refractivity contribution is -0.118. The van der Waals surface area contributed by atoms with E-state index in [4.69, 9.17) is 0 Å². The molecule has 1 unspecified atom stereocenters. The average Bonchev–Trinajstić information content (AvgIpc) is 2.51. The molecule has 0 aliphatic carbocycles. The number of halogens is 2. The molecule has 0 radical (unpaired) electrons. The van der Waals surface area contributed by atoms with E-state index in [-0.39, 0.29) is 17.5 Å². The second-order valence-corrected chi connectivity index (χ2v) is 6.16. The minimum Gasteiger partial charge on any atom is -0.340 e. The Labute approximate surface area is 145 Å². The van der Waals surface area contributed by atoms with Crippen LogP contribution in [0.2, 0.25) is 0 Å². The largest absolute Gasteiger partial charge is 0.340 e. The summed E-state index contributed by atoms with van der Waals surface area (Å²) in [4.78, 5) is 24.9. The lowest BCUT2D eigenvalue weighted by Crippen LogP contribution is -2.47. The topological polar surface area (TPSA) is 58.2 Å². The van der Waals surface area contributed by atoms with Gasteiger partial charge in [-0.05, 0) is 36.6 Å². The summed E-state index contributed by atoms with van der Waals surface area (Å²) in [5.41, 5.74) is 1.26. The van der Waals surface area contributed by atoms with Crippen molar-refractivity contribution >= 4 is 17.5 Å². The third kappa shape index (κ3) is 4.86. The molecule has 0 aromatic heterocycles. The highest BCUT2D eigenvalue weighted by molar-refractivity contribution is 6.01. The molecule has 2 N–H and O–H groups in total. The number of carbonyl (C=O) groups is 2. The van der Waals surface area contributed by atoms with Crippen LogP contribution in [0.15, 0.2) is 42.5 Å². The molecular formula is C19H20F2N2O2. The SMILES string of the molecule is Cc1ccccc1C(=O)NC(C(=O)Nc1cc(F)cc(F)c1)C(C)C. The van der Waals surface area contributed by atoms with Gasteiger partial charge in [0.15, 0.2) is 0 Å². The molecule has 0 fully saturated rings. The van der Waals surface area contributed by atoms with Crippen molar-refractivity contribution in [3.05, 3.63) is 65.2 Å². The molecule has 132 valence electrons. The highest BCUT2D eigenvalue weighted by Gasteiger charge is 2.25. The maximum absolute atomic E-state index is 13.3. The fourth-order valence-corrected chi connectivity index (χ4v) is 2.43. The third-order valence-corrected chi connectivity index (χ3v) is 3.76. The Hall–Kier alpha value is -2.76. The van der Waals surface area contributed by atoms with Gasteiger partial charge in [0.25, 0.3) is 5.91 Å². The fraction of sp³-hybridized carbons (Fsp3) is 0.263. The number of anilines is 1. The Kier molecular flexibility index (Phi) is 5.85. The van der Waals surface area contributed by atoms with E-state index >= 15 is 0 Å². The summed E-state index contributed by atoms with van der Waals surface area (Å²) in [6.07, 6.45) is 0. The number of hydrogen-bond donors (Lipinski definition) is 2. The summed E-state index contributed by atoms with van der Waals surface area (Å²) in [6.45, 7) is 5.35. The van der Waals surface area contributed by atoms with Crippen LogP contribution in [-0.4, -0.2) is 17.9 Å². The molecule has 2 aromatic carbocycles. The van der Waals surface area contributed by atoms with Gasteiger partial charge in [0.1, 0.15) is 17.7 Å². The number of hydrogen-bond acceptors (Lipinski definition) is 2. The van der Waals surface area contributed by atoms with Gasteiger partial charge in [0.2, 0.25) is 5.91 Å². The van der Waals surface area contributed by atoms with Gasteiger partial charge in [-0.25, -0.2) is 8.78 Å². The van der Waals surface area contributed by atoms with Gasteiger partial charge >= 0.3 is 0 Å². The molecule has 0 bridgehead atoms. The molecule has 2 aromatic rings. The van der Waals surface area contributed by atoms with Crippen LogP contribution in [0.5, 0.6) is 0 Å². The summed E-state index contributed by atoms with van der Waals surface area (Å²) in [5.74, 6) is -2.72. The summed E-state index contributed by atoms with van der Waals surface area (Å²) < 4.78 is 26.5. The maximum Gasteiger partial charge on any atom is 0.252 e. The second kappa shape index (κ2) is 7.88. The van der Waals surface area contributed by atoms with Crippen molar-refractivity contribution in [3.63, 3.8) is 0 Å². The van der Waals surface area contributed by atoms with Crippen LogP contribution in [0.25, 0.3) is 0 Å². The first-order chi connectivity index (χ1) is 11.8. The molecule has 4 nitrogen and oxygen atoms in total. The van der Waals surface area contributed by atoms with Crippen LogP contribution in [0.1, 0.15) is 29.8 Å².